The maximum Gasteiger partial charge on any atom is 0.324 e. The SMILES string of the molecule is CNc1nc(OCC2CCCCN2C)nc(OC(C)C)n1. The molecule has 21 heavy (non-hydrogen) atoms. The Hall–Kier alpha value is -1.63. The van der Waals surface area contributed by atoms with Crippen LogP contribution in [0.4, 0.5) is 5.95 Å². The molecule has 1 unspecified atom stereocenters. The zero-order valence-corrected chi connectivity index (χ0v) is 13.3. The molecule has 1 saturated heterocycles. The van der Waals surface area contributed by atoms with Crippen LogP contribution in [0.15, 0.2) is 0 Å². The quantitative estimate of drug-likeness (QED) is 0.854. The maximum atomic E-state index is 5.76. The van der Waals surface area contributed by atoms with Crippen LogP contribution in [0.25, 0.3) is 0 Å². The van der Waals surface area contributed by atoms with Crippen molar-refractivity contribution in [2.45, 2.75) is 45.3 Å². The fraction of sp³-hybridized carbons (Fsp3) is 0.786. The first kappa shape index (κ1) is 15.8. The summed E-state index contributed by atoms with van der Waals surface area (Å²) in [7, 11) is 3.89. The lowest BCUT2D eigenvalue weighted by molar-refractivity contribution is 0.118. The Morgan fingerprint density at radius 1 is 1.24 bits per heavy atom. The number of piperidine rings is 1. The highest BCUT2D eigenvalue weighted by Gasteiger charge is 2.20. The van der Waals surface area contributed by atoms with E-state index >= 15 is 0 Å². The topological polar surface area (TPSA) is 72.4 Å². The highest BCUT2D eigenvalue weighted by molar-refractivity contribution is 5.26. The van der Waals surface area contributed by atoms with E-state index in [1.165, 1.54) is 12.8 Å². The molecule has 1 fully saturated rings. The summed E-state index contributed by atoms with van der Waals surface area (Å²) in [4.78, 5) is 14.9. The molecular weight excluding hydrogens is 270 g/mol. The molecule has 1 aliphatic rings. The third-order valence-electron chi connectivity index (χ3n) is 3.49. The minimum absolute atomic E-state index is 0.00874. The van der Waals surface area contributed by atoms with Crippen molar-refractivity contribution in [3.8, 4) is 12.0 Å². The highest BCUT2D eigenvalue weighted by atomic mass is 16.5. The van der Waals surface area contributed by atoms with E-state index < -0.39 is 0 Å². The third kappa shape index (κ3) is 4.70. The van der Waals surface area contributed by atoms with E-state index in [1.807, 2.05) is 13.8 Å². The summed E-state index contributed by atoms with van der Waals surface area (Å²) >= 11 is 0. The Bertz CT molecular complexity index is 455. The molecule has 0 spiro atoms. The number of nitrogens with one attached hydrogen (secondary N) is 1. The molecule has 0 saturated carbocycles. The van der Waals surface area contributed by atoms with E-state index in [2.05, 4.69) is 32.2 Å². The van der Waals surface area contributed by atoms with Gasteiger partial charge in [0, 0.05) is 13.1 Å². The lowest BCUT2D eigenvalue weighted by Gasteiger charge is -2.31. The van der Waals surface area contributed by atoms with E-state index in [4.69, 9.17) is 9.47 Å². The van der Waals surface area contributed by atoms with Crippen LogP contribution in [-0.2, 0) is 0 Å². The normalized spacial score (nSPS) is 19.6. The molecule has 1 aliphatic heterocycles. The van der Waals surface area contributed by atoms with Gasteiger partial charge in [-0.3, -0.25) is 0 Å². The first-order valence-corrected chi connectivity index (χ1v) is 7.52. The molecule has 1 atom stereocenters. The van der Waals surface area contributed by atoms with Crippen molar-refractivity contribution in [1.82, 2.24) is 19.9 Å². The van der Waals surface area contributed by atoms with Crippen LogP contribution in [0, 0.1) is 0 Å². The van der Waals surface area contributed by atoms with Crippen LogP contribution in [0.1, 0.15) is 33.1 Å². The molecule has 1 N–H and O–H groups in total. The average molecular weight is 295 g/mol. The first-order chi connectivity index (χ1) is 10.1. The number of aromatic nitrogens is 3. The van der Waals surface area contributed by atoms with E-state index in [0.717, 1.165) is 13.0 Å². The van der Waals surface area contributed by atoms with Gasteiger partial charge in [0.05, 0.1) is 6.10 Å². The molecular formula is C14H25N5O2. The fourth-order valence-electron chi connectivity index (χ4n) is 2.30. The van der Waals surface area contributed by atoms with E-state index in [0.29, 0.717) is 24.6 Å². The lowest BCUT2D eigenvalue weighted by Crippen LogP contribution is -2.40. The van der Waals surface area contributed by atoms with Gasteiger partial charge in [-0.1, -0.05) is 6.42 Å². The number of nitrogens with zero attached hydrogens (tertiary/aromatic N) is 4. The molecule has 2 rings (SSSR count). The summed E-state index contributed by atoms with van der Waals surface area (Å²) in [5, 5.41) is 2.90. The number of rotatable bonds is 6. The second-order valence-electron chi connectivity index (χ2n) is 5.58. The zero-order valence-electron chi connectivity index (χ0n) is 13.3. The first-order valence-electron chi connectivity index (χ1n) is 7.52. The van der Waals surface area contributed by atoms with Crippen molar-refractivity contribution in [1.29, 1.82) is 0 Å². The molecule has 0 amide bonds. The number of anilines is 1. The summed E-state index contributed by atoms with van der Waals surface area (Å²) < 4.78 is 11.3. The van der Waals surface area contributed by atoms with Crippen LogP contribution in [0.5, 0.6) is 12.0 Å². The maximum absolute atomic E-state index is 5.76. The predicted octanol–water partition coefficient (Wildman–Crippen LogP) is 1.56. The molecule has 0 radical (unpaired) electrons. The van der Waals surface area contributed by atoms with Gasteiger partial charge in [-0.15, -0.1) is 4.98 Å². The number of hydrogen-bond acceptors (Lipinski definition) is 7. The van der Waals surface area contributed by atoms with Gasteiger partial charge in [0.25, 0.3) is 0 Å². The molecule has 0 aliphatic carbocycles. The van der Waals surface area contributed by atoms with Crippen LogP contribution < -0.4 is 14.8 Å². The number of likely N-dealkylation sites (tertiary alicyclic amines) is 1. The zero-order chi connectivity index (χ0) is 15.2. The molecule has 2 heterocycles. The molecule has 7 heteroatoms. The van der Waals surface area contributed by atoms with Gasteiger partial charge < -0.3 is 19.7 Å². The second-order valence-corrected chi connectivity index (χ2v) is 5.58. The predicted molar refractivity (Wildman–Crippen MR) is 80.9 cm³/mol. The number of ether oxygens (including phenoxy) is 2. The highest BCUT2D eigenvalue weighted by Crippen LogP contribution is 2.18. The smallest absolute Gasteiger partial charge is 0.324 e. The average Bonchev–Trinajstić information content (AvgIpc) is 2.45. The van der Waals surface area contributed by atoms with Gasteiger partial charge in [-0.2, -0.15) is 9.97 Å². The molecule has 1 aromatic heterocycles. The summed E-state index contributed by atoms with van der Waals surface area (Å²) in [5.74, 6) is 0.452. The van der Waals surface area contributed by atoms with Gasteiger partial charge in [-0.25, -0.2) is 0 Å². The largest absolute Gasteiger partial charge is 0.462 e. The van der Waals surface area contributed by atoms with Crippen molar-refractivity contribution >= 4 is 5.95 Å². The third-order valence-corrected chi connectivity index (χ3v) is 3.49. The number of likely N-dealkylation sites (N-methyl/N-ethyl adjacent to an activating group) is 1. The van der Waals surface area contributed by atoms with Crippen LogP contribution >= 0.6 is 0 Å². The summed E-state index contributed by atoms with van der Waals surface area (Å²) in [5.41, 5.74) is 0. The van der Waals surface area contributed by atoms with Crippen molar-refractivity contribution < 1.29 is 9.47 Å². The molecule has 1 aromatic rings. The van der Waals surface area contributed by atoms with Crippen molar-refractivity contribution in [2.75, 3.05) is 32.6 Å². The van der Waals surface area contributed by atoms with Crippen LogP contribution in [-0.4, -0.2) is 59.2 Å². The summed E-state index contributed by atoms with van der Waals surface area (Å²) in [6.45, 7) is 5.57. The molecule has 0 aromatic carbocycles. The van der Waals surface area contributed by atoms with Gasteiger partial charge in [0.2, 0.25) is 5.95 Å². The molecule has 118 valence electrons. The second kappa shape index (κ2) is 7.40. The van der Waals surface area contributed by atoms with Crippen molar-refractivity contribution in [2.24, 2.45) is 0 Å². The fourth-order valence-corrected chi connectivity index (χ4v) is 2.30. The van der Waals surface area contributed by atoms with E-state index in [9.17, 15) is 0 Å². The van der Waals surface area contributed by atoms with Gasteiger partial charge in [0.1, 0.15) is 6.61 Å². The van der Waals surface area contributed by atoms with Gasteiger partial charge in [0.15, 0.2) is 0 Å². The van der Waals surface area contributed by atoms with Crippen molar-refractivity contribution in [3.05, 3.63) is 0 Å². The van der Waals surface area contributed by atoms with Crippen molar-refractivity contribution in [3.63, 3.8) is 0 Å². The minimum Gasteiger partial charge on any atom is -0.462 e. The van der Waals surface area contributed by atoms with Gasteiger partial charge >= 0.3 is 12.0 Å². The Labute approximate surface area is 126 Å². The number of hydrogen-bond donors (Lipinski definition) is 1. The van der Waals surface area contributed by atoms with Crippen LogP contribution in [0.2, 0.25) is 0 Å². The van der Waals surface area contributed by atoms with E-state index in [-0.39, 0.29) is 12.1 Å². The Morgan fingerprint density at radius 2 is 2.00 bits per heavy atom. The minimum atomic E-state index is 0.00874. The van der Waals surface area contributed by atoms with Gasteiger partial charge in [-0.05, 0) is 40.3 Å². The summed E-state index contributed by atoms with van der Waals surface area (Å²) in [6.07, 6.45) is 3.67. The molecule has 7 nitrogen and oxygen atoms in total. The summed E-state index contributed by atoms with van der Waals surface area (Å²) in [6, 6.07) is 1.02. The molecule has 0 bridgehead atoms. The Balaban J connectivity index is 2.00. The standard InChI is InChI=1S/C14H25N5O2/c1-10(2)21-14-17-12(15-3)16-13(18-14)20-9-11-7-5-6-8-19(11)4/h10-11H,5-9H2,1-4H3,(H,15,16,17,18). The monoisotopic (exact) mass is 295 g/mol. The Kier molecular flexibility index (Phi) is 5.55. The lowest BCUT2D eigenvalue weighted by atomic mass is 10.0. The van der Waals surface area contributed by atoms with Crippen LogP contribution in [0.3, 0.4) is 0 Å². The Morgan fingerprint density at radius 3 is 2.67 bits per heavy atom. The van der Waals surface area contributed by atoms with E-state index in [1.54, 1.807) is 7.05 Å².